The first-order valence-electron chi connectivity index (χ1n) is 6.02. The standard InChI is InChI=1S/C14H17ClN2O2/c1-9-12(8-17(2)16-9)13(18)7-10-6-11(15)4-5-14(10)19-3/h4-6,8,13,18H,7H2,1-3H3. The highest BCUT2D eigenvalue weighted by Gasteiger charge is 2.16. The van der Waals surface area contributed by atoms with Gasteiger partial charge in [-0.1, -0.05) is 11.6 Å². The number of ether oxygens (including phenoxy) is 1. The van der Waals surface area contributed by atoms with Crippen molar-refractivity contribution in [1.29, 1.82) is 0 Å². The Morgan fingerprint density at radius 2 is 2.21 bits per heavy atom. The molecule has 1 heterocycles. The van der Waals surface area contributed by atoms with E-state index in [0.29, 0.717) is 11.4 Å². The third-order valence-corrected chi connectivity index (χ3v) is 3.30. The van der Waals surface area contributed by atoms with Gasteiger partial charge < -0.3 is 9.84 Å². The quantitative estimate of drug-likeness (QED) is 0.937. The first-order valence-corrected chi connectivity index (χ1v) is 6.39. The SMILES string of the molecule is COc1ccc(Cl)cc1CC(O)c1cn(C)nc1C. The molecule has 1 unspecified atom stereocenters. The molecule has 0 spiro atoms. The average molecular weight is 281 g/mol. The summed E-state index contributed by atoms with van der Waals surface area (Å²) >= 11 is 5.98. The lowest BCUT2D eigenvalue weighted by molar-refractivity contribution is 0.176. The van der Waals surface area contributed by atoms with E-state index in [9.17, 15) is 5.11 Å². The summed E-state index contributed by atoms with van der Waals surface area (Å²) in [6, 6.07) is 5.39. The van der Waals surface area contributed by atoms with Gasteiger partial charge in [0.25, 0.3) is 0 Å². The summed E-state index contributed by atoms with van der Waals surface area (Å²) in [6.45, 7) is 1.88. The number of benzene rings is 1. The molecule has 0 radical (unpaired) electrons. The molecule has 0 saturated carbocycles. The van der Waals surface area contributed by atoms with Gasteiger partial charge in [0, 0.05) is 30.3 Å². The van der Waals surface area contributed by atoms with Crippen molar-refractivity contribution < 1.29 is 9.84 Å². The number of aliphatic hydroxyl groups excluding tert-OH is 1. The lowest BCUT2D eigenvalue weighted by Crippen LogP contribution is -2.04. The van der Waals surface area contributed by atoms with Crippen LogP contribution in [0, 0.1) is 6.92 Å². The van der Waals surface area contributed by atoms with E-state index in [4.69, 9.17) is 16.3 Å². The Hall–Kier alpha value is -1.52. The number of aliphatic hydroxyl groups is 1. The molecule has 1 N–H and O–H groups in total. The molecule has 2 aromatic rings. The van der Waals surface area contributed by atoms with Crippen LogP contribution in [-0.2, 0) is 13.5 Å². The van der Waals surface area contributed by atoms with Crippen LogP contribution in [0.5, 0.6) is 5.75 Å². The zero-order valence-corrected chi connectivity index (χ0v) is 12.0. The number of nitrogens with zero attached hydrogens (tertiary/aromatic N) is 2. The Balaban J connectivity index is 2.25. The third-order valence-electron chi connectivity index (χ3n) is 3.07. The molecule has 1 aromatic heterocycles. The Bertz CT molecular complexity index is 581. The van der Waals surface area contributed by atoms with Gasteiger partial charge in [0.1, 0.15) is 5.75 Å². The van der Waals surface area contributed by atoms with Crippen molar-refractivity contribution in [3.63, 3.8) is 0 Å². The number of rotatable bonds is 4. The molecule has 5 heteroatoms. The summed E-state index contributed by atoms with van der Waals surface area (Å²) < 4.78 is 6.98. The summed E-state index contributed by atoms with van der Waals surface area (Å²) in [5.74, 6) is 0.727. The zero-order valence-electron chi connectivity index (χ0n) is 11.2. The molecule has 4 nitrogen and oxygen atoms in total. The second kappa shape index (κ2) is 5.63. The third kappa shape index (κ3) is 3.08. The molecule has 0 saturated heterocycles. The van der Waals surface area contributed by atoms with Crippen LogP contribution < -0.4 is 4.74 Å². The fourth-order valence-electron chi connectivity index (χ4n) is 2.17. The summed E-state index contributed by atoms with van der Waals surface area (Å²) in [6.07, 6.45) is 1.65. The summed E-state index contributed by atoms with van der Waals surface area (Å²) in [4.78, 5) is 0. The van der Waals surface area contributed by atoms with Crippen LogP contribution in [0.15, 0.2) is 24.4 Å². The molecule has 2 rings (SSSR count). The van der Waals surface area contributed by atoms with Gasteiger partial charge >= 0.3 is 0 Å². The van der Waals surface area contributed by atoms with E-state index in [0.717, 1.165) is 22.6 Å². The molecule has 0 aliphatic heterocycles. The fraction of sp³-hybridized carbons (Fsp3) is 0.357. The summed E-state index contributed by atoms with van der Waals surface area (Å²) in [5, 5.41) is 15.2. The van der Waals surface area contributed by atoms with E-state index >= 15 is 0 Å². The van der Waals surface area contributed by atoms with E-state index in [-0.39, 0.29) is 0 Å². The predicted molar refractivity (Wildman–Crippen MR) is 74.6 cm³/mol. The highest BCUT2D eigenvalue weighted by molar-refractivity contribution is 6.30. The van der Waals surface area contributed by atoms with Gasteiger partial charge in [-0.25, -0.2) is 0 Å². The fourth-order valence-corrected chi connectivity index (χ4v) is 2.36. The molecule has 1 atom stereocenters. The molecule has 0 bridgehead atoms. The van der Waals surface area contributed by atoms with Gasteiger partial charge in [0.2, 0.25) is 0 Å². The maximum absolute atomic E-state index is 10.3. The van der Waals surface area contributed by atoms with Gasteiger partial charge in [-0.2, -0.15) is 5.10 Å². The highest BCUT2D eigenvalue weighted by atomic mass is 35.5. The molecule has 102 valence electrons. The van der Waals surface area contributed by atoms with Crippen LogP contribution >= 0.6 is 11.6 Å². The lowest BCUT2D eigenvalue weighted by Gasteiger charge is -2.13. The van der Waals surface area contributed by atoms with Crippen LogP contribution in [0.25, 0.3) is 0 Å². The minimum atomic E-state index is -0.624. The minimum Gasteiger partial charge on any atom is -0.496 e. The van der Waals surface area contributed by atoms with Crippen molar-refractivity contribution in [1.82, 2.24) is 9.78 Å². The van der Waals surface area contributed by atoms with E-state index in [2.05, 4.69) is 5.10 Å². The monoisotopic (exact) mass is 280 g/mol. The Kier molecular flexibility index (Phi) is 4.12. The average Bonchev–Trinajstić information content (AvgIpc) is 2.69. The molecule has 19 heavy (non-hydrogen) atoms. The Morgan fingerprint density at radius 3 is 2.79 bits per heavy atom. The topological polar surface area (TPSA) is 47.3 Å². The molecule has 0 aliphatic rings. The summed E-state index contributed by atoms with van der Waals surface area (Å²) in [7, 11) is 3.44. The van der Waals surface area contributed by atoms with Crippen LogP contribution in [0.1, 0.15) is 22.9 Å². The highest BCUT2D eigenvalue weighted by Crippen LogP contribution is 2.28. The smallest absolute Gasteiger partial charge is 0.122 e. The first-order chi connectivity index (χ1) is 9.01. The van der Waals surface area contributed by atoms with Crippen molar-refractivity contribution in [3.05, 3.63) is 46.2 Å². The zero-order chi connectivity index (χ0) is 14.0. The van der Waals surface area contributed by atoms with Crippen LogP contribution in [-0.4, -0.2) is 22.0 Å². The molecular weight excluding hydrogens is 264 g/mol. The molecule has 1 aromatic carbocycles. The van der Waals surface area contributed by atoms with Gasteiger partial charge in [-0.05, 0) is 30.7 Å². The normalized spacial score (nSPS) is 12.5. The van der Waals surface area contributed by atoms with Crippen molar-refractivity contribution in [3.8, 4) is 5.75 Å². The van der Waals surface area contributed by atoms with Crippen molar-refractivity contribution in [2.45, 2.75) is 19.4 Å². The number of halogens is 1. The molecule has 0 amide bonds. The van der Waals surface area contributed by atoms with Gasteiger partial charge in [0.05, 0.1) is 18.9 Å². The van der Waals surface area contributed by atoms with Gasteiger partial charge in [-0.15, -0.1) is 0 Å². The van der Waals surface area contributed by atoms with Gasteiger partial charge in [0.15, 0.2) is 0 Å². The number of aryl methyl sites for hydroxylation is 2. The van der Waals surface area contributed by atoms with Crippen LogP contribution in [0.2, 0.25) is 5.02 Å². The summed E-state index contributed by atoms with van der Waals surface area (Å²) in [5.41, 5.74) is 2.53. The minimum absolute atomic E-state index is 0.441. The number of hydrogen-bond acceptors (Lipinski definition) is 3. The van der Waals surface area contributed by atoms with E-state index in [1.807, 2.05) is 26.2 Å². The van der Waals surface area contributed by atoms with Gasteiger partial charge in [-0.3, -0.25) is 4.68 Å². The molecule has 0 fully saturated rings. The molecule has 0 aliphatic carbocycles. The molecular formula is C14H17ClN2O2. The Morgan fingerprint density at radius 1 is 1.47 bits per heavy atom. The van der Waals surface area contributed by atoms with E-state index in [1.54, 1.807) is 23.9 Å². The second-order valence-corrected chi connectivity index (χ2v) is 4.96. The maximum atomic E-state index is 10.3. The lowest BCUT2D eigenvalue weighted by atomic mass is 10.0. The van der Waals surface area contributed by atoms with Crippen molar-refractivity contribution in [2.24, 2.45) is 7.05 Å². The number of methoxy groups -OCH3 is 1. The number of aromatic nitrogens is 2. The van der Waals surface area contributed by atoms with Crippen molar-refractivity contribution >= 4 is 11.6 Å². The first kappa shape index (κ1) is 13.9. The van der Waals surface area contributed by atoms with E-state index < -0.39 is 6.10 Å². The van der Waals surface area contributed by atoms with Crippen LogP contribution in [0.3, 0.4) is 0 Å². The van der Waals surface area contributed by atoms with Crippen molar-refractivity contribution in [2.75, 3.05) is 7.11 Å². The Labute approximate surface area is 117 Å². The largest absolute Gasteiger partial charge is 0.496 e. The second-order valence-electron chi connectivity index (χ2n) is 4.52. The van der Waals surface area contributed by atoms with E-state index in [1.165, 1.54) is 0 Å². The number of hydrogen-bond donors (Lipinski definition) is 1. The van der Waals surface area contributed by atoms with Crippen LogP contribution in [0.4, 0.5) is 0 Å². The predicted octanol–water partition coefficient (Wildman–Crippen LogP) is 2.67. The maximum Gasteiger partial charge on any atom is 0.122 e.